The number of nitrogens with two attached hydrogens (primary N) is 1. The molecule has 1 aromatic rings. The van der Waals surface area contributed by atoms with E-state index in [1.807, 2.05) is 30.4 Å². The minimum absolute atomic E-state index is 0.484. The Labute approximate surface area is 147 Å². The largest absolute Gasteiger partial charge is 0.492 e. The van der Waals surface area contributed by atoms with E-state index in [1.54, 1.807) is 0 Å². The molecule has 0 bridgehead atoms. The van der Waals surface area contributed by atoms with Gasteiger partial charge < -0.3 is 10.5 Å². The zero-order chi connectivity index (χ0) is 16.5. The Bertz CT molecular complexity index is 766. The highest BCUT2D eigenvalue weighted by Crippen LogP contribution is 2.32. The van der Waals surface area contributed by atoms with Crippen LogP contribution in [0.1, 0.15) is 24.8 Å². The fourth-order valence-electron chi connectivity index (χ4n) is 3.57. The average Bonchev–Trinajstić information content (AvgIpc) is 2.94. The number of benzene rings is 1. The maximum Gasteiger partial charge on any atom is 0.132 e. The van der Waals surface area contributed by atoms with Gasteiger partial charge in [-0.15, -0.1) is 0 Å². The van der Waals surface area contributed by atoms with E-state index in [0.717, 1.165) is 48.0 Å². The molecule has 24 heavy (non-hydrogen) atoms. The number of thiocarbonyl (C=S) groups is 1. The van der Waals surface area contributed by atoms with Crippen molar-refractivity contribution in [1.82, 2.24) is 4.90 Å². The van der Waals surface area contributed by atoms with Gasteiger partial charge in [-0.25, -0.2) is 4.99 Å². The summed E-state index contributed by atoms with van der Waals surface area (Å²) in [6, 6.07) is 6.61. The van der Waals surface area contributed by atoms with Crippen LogP contribution in [-0.2, 0) is 6.54 Å². The van der Waals surface area contributed by atoms with E-state index in [1.165, 1.54) is 18.4 Å². The normalized spacial score (nSPS) is 24.0. The van der Waals surface area contributed by atoms with Crippen LogP contribution < -0.4 is 10.5 Å². The second-order valence-electron chi connectivity index (χ2n) is 6.50. The summed E-state index contributed by atoms with van der Waals surface area (Å²) in [5.74, 6) is 1.45. The van der Waals surface area contributed by atoms with Gasteiger partial charge in [0, 0.05) is 35.0 Å². The maximum absolute atomic E-state index is 6.18. The first-order valence-electron chi connectivity index (χ1n) is 8.45. The maximum atomic E-state index is 6.18. The molecule has 4 nitrogen and oxygen atoms in total. The molecule has 1 aromatic carbocycles. The number of allylic oxidation sites excluding steroid dienone is 3. The van der Waals surface area contributed by atoms with Gasteiger partial charge in [-0.3, -0.25) is 4.90 Å². The Morgan fingerprint density at radius 3 is 3.17 bits per heavy atom. The van der Waals surface area contributed by atoms with Gasteiger partial charge >= 0.3 is 0 Å². The standard InChI is InChI=1S/C19H21N3OS/c20-19(16-5-1-2-6-18(16)24)21-14-7-8-17-13(10-14)11-22-9-3-4-15(22)12-23-17/h1-2,5,7-8,10,15H,3-4,6,9,11-12H2,(H2,20,21). The van der Waals surface area contributed by atoms with Crippen LogP contribution in [0.5, 0.6) is 5.75 Å². The molecule has 2 N–H and O–H groups in total. The van der Waals surface area contributed by atoms with Gasteiger partial charge in [-0.1, -0.05) is 30.4 Å². The summed E-state index contributed by atoms with van der Waals surface area (Å²) in [6.45, 7) is 2.86. The van der Waals surface area contributed by atoms with E-state index in [4.69, 9.17) is 22.7 Å². The number of amidine groups is 1. The van der Waals surface area contributed by atoms with E-state index >= 15 is 0 Å². The van der Waals surface area contributed by atoms with Crippen molar-refractivity contribution >= 4 is 28.6 Å². The Kier molecular flexibility index (Phi) is 4.21. The number of fused-ring (bicyclic) bond motifs is 2. The molecule has 0 saturated carbocycles. The predicted molar refractivity (Wildman–Crippen MR) is 101 cm³/mol. The van der Waals surface area contributed by atoms with Gasteiger partial charge in [0.15, 0.2) is 0 Å². The van der Waals surface area contributed by atoms with Crippen LogP contribution in [0.2, 0.25) is 0 Å². The number of rotatable bonds is 2. The molecule has 3 aliphatic rings. The van der Waals surface area contributed by atoms with Gasteiger partial charge in [0.05, 0.1) is 5.69 Å². The van der Waals surface area contributed by atoms with Crippen molar-refractivity contribution in [3.8, 4) is 5.75 Å². The fourth-order valence-corrected chi connectivity index (χ4v) is 3.84. The minimum Gasteiger partial charge on any atom is -0.492 e. The minimum atomic E-state index is 0.484. The van der Waals surface area contributed by atoms with E-state index in [0.29, 0.717) is 11.9 Å². The smallest absolute Gasteiger partial charge is 0.132 e. The number of hydrogen-bond donors (Lipinski definition) is 1. The Morgan fingerprint density at radius 1 is 1.38 bits per heavy atom. The quantitative estimate of drug-likeness (QED) is 0.510. The van der Waals surface area contributed by atoms with Crippen LogP contribution in [0.4, 0.5) is 5.69 Å². The molecule has 1 fully saturated rings. The molecule has 5 heteroatoms. The molecule has 1 saturated heterocycles. The summed E-state index contributed by atoms with van der Waals surface area (Å²) in [5, 5.41) is 0. The summed E-state index contributed by atoms with van der Waals surface area (Å²) in [4.78, 5) is 7.94. The molecule has 1 aliphatic carbocycles. The zero-order valence-corrected chi connectivity index (χ0v) is 14.4. The van der Waals surface area contributed by atoms with E-state index in [-0.39, 0.29) is 0 Å². The van der Waals surface area contributed by atoms with Gasteiger partial charge in [0.1, 0.15) is 18.2 Å². The zero-order valence-electron chi connectivity index (χ0n) is 13.6. The van der Waals surface area contributed by atoms with Crippen molar-refractivity contribution in [3.05, 3.63) is 47.6 Å². The summed E-state index contributed by atoms with van der Waals surface area (Å²) < 4.78 is 5.99. The second-order valence-corrected chi connectivity index (χ2v) is 7.00. The van der Waals surface area contributed by atoms with Crippen molar-refractivity contribution in [2.75, 3.05) is 13.2 Å². The molecule has 1 unspecified atom stereocenters. The SMILES string of the molecule is NC(=Nc1ccc2c(c1)CN1CCCC1CO2)C1=CC=CCC1=S. The Hall–Kier alpha value is -1.98. The molecular formula is C19H21N3OS. The summed E-state index contributed by atoms with van der Waals surface area (Å²) >= 11 is 5.38. The Morgan fingerprint density at radius 2 is 2.29 bits per heavy atom. The molecule has 0 amide bonds. The average molecular weight is 339 g/mol. The summed E-state index contributed by atoms with van der Waals surface area (Å²) in [6.07, 6.45) is 9.19. The van der Waals surface area contributed by atoms with Crippen molar-refractivity contribution in [2.45, 2.75) is 31.8 Å². The van der Waals surface area contributed by atoms with Crippen LogP contribution in [0.25, 0.3) is 0 Å². The van der Waals surface area contributed by atoms with Crippen molar-refractivity contribution in [3.63, 3.8) is 0 Å². The second kappa shape index (κ2) is 6.49. The molecule has 0 radical (unpaired) electrons. The van der Waals surface area contributed by atoms with Crippen LogP contribution >= 0.6 is 12.2 Å². The predicted octanol–water partition coefficient (Wildman–Crippen LogP) is 3.29. The molecule has 124 valence electrons. The third-order valence-corrected chi connectivity index (χ3v) is 5.26. The van der Waals surface area contributed by atoms with E-state index in [2.05, 4.69) is 16.0 Å². The first kappa shape index (κ1) is 15.5. The van der Waals surface area contributed by atoms with Crippen LogP contribution in [0.15, 0.2) is 47.0 Å². The van der Waals surface area contributed by atoms with Crippen molar-refractivity contribution in [2.24, 2.45) is 10.7 Å². The van der Waals surface area contributed by atoms with Crippen LogP contribution in [0, 0.1) is 0 Å². The third-order valence-electron chi connectivity index (χ3n) is 4.88. The lowest BCUT2D eigenvalue weighted by Gasteiger charge is -2.19. The van der Waals surface area contributed by atoms with E-state index < -0.39 is 0 Å². The summed E-state index contributed by atoms with van der Waals surface area (Å²) in [7, 11) is 0. The molecule has 2 heterocycles. The fraction of sp³-hybridized carbons (Fsp3) is 0.368. The van der Waals surface area contributed by atoms with Gasteiger partial charge in [0.2, 0.25) is 0 Å². The van der Waals surface area contributed by atoms with Gasteiger partial charge in [0.25, 0.3) is 0 Å². The van der Waals surface area contributed by atoms with E-state index in [9.17, 15) is 0 Å². The van der Waals surface area contributed by atoms with Crippen molar-refractivity contribution < 1.29 is 4.74 Å². The van der Waals surface area contributed by atoms with Gasteiger partial charge in [-0.2, -0.15) is 0 Å². The molecule has 1 atom stereocenters. The molecular weight excluding hydrogens is 318 g/mol. The highest BCUT2D eigenvalue weighted by atomic mass is 32.1. The number of aliphatic imine (C=N–C) groups is 1. The monoisotopic (exact) mass is 339 g/mol. The lowest BCUT2D eigenvalue weighted by atomic mass is 10.0. The highest BCUT2D eigenvalue weighted by molar-refractivity contribution is 7.81. The first-order valence-corrected chi connectivity index (χ1v) is 8.86. The number of hydrogen-bond acceptors (Lipinski definition) is 4. The number of nitrogens with zero attached hydrogens (tertiary/aromatic N) is 2. The Balaban J connectivity index is 1.61. The van der Waals surface area contributed by atoms with Crippen molar-refractivity contribution in [1.29, 1.82) is 0 Å². The van der Waals surface area contributed by atoms with Crippen LogP contribution in [0.3, 0.4) is 0 Å². The molecule has 4 rings (SSSR count). The molecule has 0 aromatic heterocycles. The molecule has 2 aliphatic heterocycles. The molecule has 0 spiro atoms. The lowest BCUT2D eigenvalue weighted by molar-refractivity contribution is 0.188. The third kappa shape index (κ3) is 3.01. The van der Waals surface area contributed by atoms with Crippen LogP contribution in [-0.4, -0.2) is 34.8 Å². The lowest BCUT2D eigenvalue weighted by Crippen LogP contribution is -2.31. The number of ether oxygens (including phenoxy) is 1. The summed E-state index contributed by atoms with van der Waals surface area (Å²) in [5.41, 5.74) is 9.08. The topological polar surface area (TPSA) is 50.8 Å². The highest BCUT2D eigenvalue weighted by Gasteiger charge is 2.28. The first-order chi connectivity index (χ1) is 11.7. The van der Waals surface area contributed by atoms with Gasteiger partial charge in [-0.05, 0) is 37.6 Å².